The number of rotatable bonds is 7. The van der Waals surface area contributed by atoms with Gasteiger partial charge in [-0.25, -0.2) is 9.97 Å². The minimum absolute atomic E-state index is 0.0463. The first-order chi connectivity index (χ1) is 14.1. The van der Waals surface area contributed by atoms with Crippen LogP contribution < -0.4 is 5.32 Å². The number of unbranched alkanes of at least 4 members (excludes halogenated alkanes) is 1. The monoisotopic (exact) mass is 404 g/mol. The molecule has 0 atom stereocenters. The van der Waals surface area contributed by atoms with Crippen molar-refractivity contribution in [1.29, 1.82) is 0 Å². The van der Waals surface area contributed by atoms with Crippen LogP contribution in [0.1, 0.15) is 30.9 Å². The Balaban J connectivity index is 1.44. The van der Waals surface area contributed by atoms with Gasteiger partial charge in [0, 0.05) is 16.6 Å². The van der Waals surface area contributed by atoms with E-state index in [1.165, 1.54) is 35.7 Å². The molecule has 5 nitrogen and oxygen atoms in total. The molecule has 0 saturated carbocycles. The van der Waals surface area contributed by atoms with E-state index >= 15 is 0 Å². The maximum Gasteiger partial charge on any atom is 0.234 e. The van der Waals surface area contributed by atoms with E-state index in [-0.39, 0.29) is 11.7 Å². The second-order valence-electron chi connectivity index (χ2n) is 7.21. The van der Waals surface area contributed by atoms with Crippen LogP contribution in [0.5, 0.6) is 0 Å². The SMILES string of the molecule is CCCCc1ccc(NC(=O)CSc2ncnc3c2[nH]c2ccc(C)cc23)cc1. The van der Waals surface area contributed by atoms with Crippen molar-refractivity contribution in [1.82, 2.24) is 15.0 Å². The molecule has 0 unspecified atom stereocenters. The number of carbonyl (C=O) groups is 1. The van der Waals surface area contributed by atoms with Gasteiger partial charge in [-0.15, -0.1) is 0 Å². The van der Waals surface area contributed by atoms with Gasteiger partial charge < -0.3 is 10.3 Å². The molecule has 0 radical (unpaired) electrons. The first-order valence-electron chi connectivity index (χ1n) is 9.88. The summed E-state index contributed by atoms with van der Waals surface area (Å²) < 4.78 is 0. The minimum Gasteiger partial charge on any atom is -0.351 e. The van der Waals surface area contributed by atoms with Crippen molar-refractivity contribution < 1.29 is 4.79 Å². The zero-order valence-corrected chi connectivity index (χ0v) is 17.5. The van der Waals surface area contributed by atoms with Crippen molar-refractivity contribution in [3.05, 3.63) is 59.9 Å². The number of aromatic amines is 1. The van der Waals surface area contributed by atoms with Gasteiger partial charge in [0.05, 0.1) is 11.3 Å². The Kier molecular flexibility index (Phi) is 5.81. The summed E-state index contributed by atoms with van der Waals surface area (Å²) in [6.45, 7) is 4.25. The summed E-state index contributed by atoms with van der Waals surface area (Å²) in [6.07, 6.45) is 5.01. The summed E-state index contributed by atoms with van der Waals surface area (Å²) >= 11 is 1.42. The first-order valence-corrected chi connectivity index (χ1v) is 10.9. The fourth-order valence-electron chi connectivity index (χ4n) is 3.36. The molecule has 0 saturated heterocycles. The van der Waals surface area contributed by atoms with Crippen LogP contribution in [-0.2, 0) is 11.2 Å². The van der Waals surface area contributed by atoms with Gasteiger partial charge in [0.2, 0.25) is 5.91 Å². The molecule has 2 N–H and O–H groups in total. The van der Waals surface area contributed by atoms with E-state index < -0.39 is 0 Å². The molecule has 148 valence electrons. The van der Waals surface area contributed by atoms with Gasteiger partial charge in [0.1, 0.15) is 16.9 Å². The summed E-state index contributed by atoms with van der Waals surface area (Å²) in [7, 11) is 0. The van der Waals surface area contributed by atoms with Crippen LogP contribution in [0.3, 0.4) is 0 Å². The number of anilines is 1. The van der Waals surface area contributed by atoms with Gasteiger partial charge in [-0.2, -0.15) is 0 Å². The summed E-state index contributed by atoms with van der Waals surface area (Å²) in [5.41, 5.74) is 6.11. The third-order valence-corrected chi connectivity index (χ3v) is 5.89. The number of nitrogens with zero attached hydrogens (tertiary/aromatic N) is 2. The van der Waals surface area contributed by atoms with E-state index in [2.05, 4.69) is 64.4 Å². The van der Waals surface area contributed by atoms with E-state index in [9.17, 15) is 4.79 Å². The van der Waals surface area contributed by atoms with E-state index in [0.29, 0.717) is 0 Å². The average Bonchev–Trinajstić information content (AvgIpc) is 3.10. The molecule has 29 heavy (non-hydrogen) atoms. The van der Waals surface area contributed by atoms with E-state index in [4.69, 9.17) is 0 Å². The Hall–Kier alpha value is -2.86. The Labute approximate surface area is 174 Å². The maximum atomic E-state index is 12.4. The zero-order chi connectivity index (χ0) is 20.2. The lowest BCUT2D eigenvalue weighted by atomic mass is 10.1. The Bertz CT molecular complexity index is 1150. The van der Waals surface area contributed by atoms with E-state index in [0.717, 1.165) is 39.1 Å². The van der Waals surface area contributed by atoms with Crippen molar-refractivity contribution in [2.75, 3.05) is 11.1 Å². The molecule has 4 aromatic rings. The van der Waals surface area contributed by atoms with Gasteiger partial charge in [0.15, 0.2) is 0 Å². The average molecular weight is 405 g/mol. The molecule has 1 amide bonds. The highest BCUT2D eigenvalue weighted by atomic mass is 32.2. The molecule has 0 bridgehead atoms. The van der Waals surface area contributed by atoms with Crippen LogP contribution in [0, 0.1) is 6.92 Å². The third kappa shape index (κ3) is 4.43. The Morgan fingerprint density at radius 3 is 2.76 bits per heavy atom. The largest absolute Gasteiger partial charge is 0.351 e. The van der Waals surface area contributed by atoms with Crippen molar-refractivity contribution in [3.63, 3.8) is 0 Å². The highest BCUT2D eigenvalue weighted by Gasteiger charge is 2.13. The number of amides is 1. The smallest absolute Gasteiger partial charge is 0.234 e. The zero-order valence-electron chi connectivity index (χ0n) is 16.7. The second-order valence-corrected chi connectivity index (χ2v) is 8.18. The fourth-order valence-corrected chi connectivity index (χ4v) is 4.11. The van der Waals surface area contributed by atoms with Crippen molar-refractivity contribution in [2.45, 2.75) is 38.1 Å². The number of aromatic nitrogens is 3. The summed E-state index contributed by atoms with van der Waals surface area (Å²) in [5.74, 6) is 0.244. The van der Waals surface area contributed by atoms with Gasteiger partial charge in [-0.05, 0) is 49.6 Å². The highest BCUT2D eigenvalue weighted by Crippen LogP contribution is 2.30. The lowest BCUT2D eigenvalue weighted by molar-refractivity contribution is -0.113. The number of hydrogen-bond donors (Lipinski definition) is 2. The highest BCUT2D eigenvalue weighted by molar-refractivity contribution is 8.00. The van der Waals surface area contributed by atoms with Crippen molar-refractivity contribution in [3.8, 4) is 0 Å². The molecule has 0 fully saturated rings. The molecular formula is C23H24N4OS. The number of aryl methyl sites for hydroxylation is 2. The minimum atomic E-state index is -0.0463. The number of benzene rings is 2. The van der Waals surface area contributed by atoms with Crippen molar-refractivity contribution in [2.24, 2.45) is 0 Å². The van der Waals surface area contributed by atoms with Gasteiger partial charge in [-0.1, -0.05) is 48.9 Å². The summed E-state index contributed by atoms with van der Waals surface area (Å²) in [5, 5.41) is 4.83. The predicted octanol–water partition coefficient (Wildman–Crippen LogP) is 5.49. The van der Waals surface area contributed by atoms with Crippen LogP contribution in [0.25, 0.3) is 21.9 Å². The first kappa shape index (κ1) is 19.5. The topological polar surface area (TPSA) is 70.7 Å². The molecule has 2 aromatic carbocycles. The maximum absolute atomic E-state index is 12.4. The molecule has 0 aliphatic heterocycles. The van der Waals surface area contributed by atoms with Gasteiger partial charge >= 0.3 is 0 Å². The Morgan fingerprint density at radius 2 is 1.97 bits per heavy atom. The summed E-state index contributed by atoms with van der Waals surface area (Å²) in [6, 6.07) is 14.3. The normalized spacial score (nSPS) is 11.2. The quantitative estimate of drug-likeness (QED) is 0.315. The molecule has 6 heteroatoms. The molecule has 2 aromatic heterocycles. The molecular weight excluding hydrogens is 380 g/mol. The van der Waals surface area contributed by atoms with Crippen molar-refractivity contribution >= 4 is 45.3 Å². The van der Waals surface area contributed by atoms with E-state index in [1.54, 1.807) is 6.33 Å². The Morgan fingerprint density at radius 1 is 1.14 bits per heavy atom. The lowest BCUT2D eigenvalue weighted by Gasteiger charge is -2.07. The number of H-pyrrole nitrogens is 1. The van der Waals surface area contributed by atoms with Gasteiger partial charge in [0.25, 0.3) is 0 Å². The number of hydrogen-bond acceptors (Lipinski definition) is 4. The lowest BCUT2D eigenvalue weighted by Crippen LogP contribution is -2.14. The van der Waals surface area contributed by atoms with Crippen LogP contribution in [0.2, 0.25) is 0 Å². The molecule has 0 aliphatic rings. The fraction of sp³-hybridized carbons (Fsp3) is 0.261. The second kappa shape index (κ2) is 8.66. The number of fused-ring (bicyclic) bond motifs is 3. The predicted molar refractivity (Wildman–Crippen MR) is 121 cm³/mol. The summed E-state index contributed by atoms with van der Waals surface area (Å²) in [4.78, 5) is 24.6. The van der Waals surface area contributed by atoms with Crippen LogP contribution in [0.15, 0.2) is 53.8 Å². The molecule has 4 rings (SSSR count). The number of carbonyl (C=O) groups excluding carboxylic acids is 1. The molecule has 0 spiro atoms. The van der Waals surface area contributed by atoms with Crippen LogP contribution in [0.4, 0.5) is 5.69 Å². The number of nitrogens with one attached hydrogen (secondary N) is 2. The molecule has 2 heterocycles. The van der Waals surface area contributed by atoms with Crippen LogP contribution >= 0.6 is 11.8 Å². The van der Waals surface area contributed by atoms with Gasteiger partial charge in [-0.3, -0.25) is 4.79 Å². The van der Waals surface area contributed by atoms with Crippen LogP contribution in [-0.4, -0.2) is 26.6 Å². The number of thioether (sulfide) groups is 1. The van der Waals surface area contributed by atoms with E-state index in [1.807, 2.05) is 12.1 Å². The third-order valence-electron chi connectivity index (χ3n) is 4.90. The molecule has 0 aliphatic carbocycles. The standard InChI is InChI=1S/C23H24N4OS/c1-3-4-5-16-7-9-17(10-8-16)26-20(28)13-29-23-22-21(24-14-25-23)18-12-15(2)6-11-19(18)27-22/h6-12,14,27H,3-5,13H2,1-2H3,(H,26,28).